The van der Waals surface area contributed by atoms with Gasteiger partial charge in [-0.2, -0.15) is 0 Å². The minimum absolute atomic E-state index is 0.436. The monoisotopic (exact) mass is 262 g/mol. The first kappa shape index (κ1) is 13.6. The van der Waals surface area contributed by atoms with Gasteiger partial charge in [0.25, 0.3) is 0 Å². The fourth-order valence-corrected chi connectivity index (χ4v) is 2.12. The van der Waals surface area contributed by atoms with Gasteiger partial charge in [0, 0.05) is 24.0 Å². The van der Waals surface area contributed by atoms with Crippen LogP contribution in [0.3, 0.4) is 0 Å². The zero-order valence-electron chi connectivity index (χ0n) is 11.1. The molecule has 0 spiro atoms. The van der Waals surface area contributed by atoms with Crippen LogP contribution in [0.2, 0.25) is 0 Å². The van der Waals surface area contributed by atoms with E-state index >= 15 is 0 Å². The Morgan fingerprint density at radius 3 is 2.89 bits per heavy atom. The number of hydrogen-bond acceptors (Lipinski definition) is 4. The number of benzene rings is 1. The fraction of sp³-hybridized carbons (Fsp3) is 0.357. The minimum atomic E-state index is -0.841. The van der Waals surface area contributed by atoms with E-state index < -0.39 is 12.0 Å². The van der Waals surface area contributed by atoms with E-state index in [4.69, 9.17) is 9.52 Å². The third kappa shape index (κ3) is 3.13. The molecule has 1 unspecified atom stereocenters. The van der Waals surface area contributed by atoms with Crippen LogP contribution in [-0.2, 0) is 11.3 Å². The minimum Gasteiger partial charge on any atom is -0.480 e. The molecule has 2 rings (SSSR count). The SMILES string of the molecule is CNC(CN(C)Cc1coc2ccccc12)C(=O)O. The van der Waals surface area contributed by atoms with Crippen LogP contribution in [0.1, 0.15) is 5.56 Å². The van der Waals surface area contributed by atoms with E-state index in [9.17, 15) is 4.79 Å². The van der Waals surface area contributed by atoms with Crippen LogP contribution in [0.4, 0.5) is 0 Å². The molecule has 2 N–H and O–H groups in total. The third-order valence-corrected chi connectivity index (χ3v) is 3.14. The maximum atomic E-state index is 11.0. The number of furan rings is 1. The zero-order chi connectivity index (χ0) is 13.8. The standard InChI is InChI=1S/C14H18N2O3/c1-15-12(14(17)18)8-16(2)7-10-9-19-13-6-4-3-5-11(10)13/h3-6,9,12,15H,7-8H2,1-2H3,(H,17,18). The molecule has 0 saturated heterocycles. The molecule has 19 heavy (non-hydrogen) atoms. The van der Waals surface area contributed by atoms with Crippen LogP contribution in [0.5, 0.6) is 0 Å². The van der Waals surface area contributed by atoms with Gasteiger partial charge in [-0.3, -0.25) is 9.69 Å². The van der Waals surface area contributed by atoms with Crippen molar-refractivity contribution in [1.29, 1.82) is 0 Å². The summed E-state index contributed by atoms with van der Waals surface area (Å²) < 4.78 is 5.47. The van der Waals surface area contributed by atoms with Crippen molar-refractivity contribution in [2.75, 3.05) is 20.6 Å². The topological polar surface area (TPSA) is 65.7 Å². The van der Waals surface area contributed by atoms with E-state index in [0.717, 1.165) is 16.5 Å². The summed E-state index contributed by atoms with van der Waals surface area (Å²) in [6.07, 6.45) is 1.73. The molecule has 1 heterocycles. The number of para-hydroxylation sites is 1. The van der Waals surface area contributed by atoms with Crippen molar-refractivity contribution in [2.45, 2.75) is 12.6 Å². The van der Waals surface area contributed by atoms with Gasteiger partial charge in [-0.05, 0) is 20.2 Å². The van der Waals surface area contributed by atoms with Crippen molar-refractivity contribution in [3.05, 3.63) is 36.1 Å². The number of nitrogens with zero attached hydrogens (tertiary/aromatic N) is 1. The molecular weight excluding hydrogens is 244 g/mol. The summed E-state index contributed by atoms with van der Waals surface area (Å²) in [6, 6.07) is 7.26. The highest BCUT2D eigenvalue weighted by Gasteiger charge is 2.17. The number of hydrogen-bond donors (Lipinski definition) is 2. The van der Waals surface area contributed by atoms with Gasteiger partial charge in [0.05, 0.1) is 6.26 Å². The fourth-order valence-electron chi connectivity index (χ4n) is 2.12. The predicted molar refractivity (Wildman–Crippen MR) is 73.0 cm³/mol. The van der Waals surface area contributed by atoms with Crippen molar-refractivity contribution >= 4 is 16.9 Å². The second kappa shape index (κ2) is 5.86. The summed E-state index contributed by atoms with van der Waals surface area (Å²) in [4.78, 5) is 12.9. The van der Waals surface area contributed by atoms with E-state index in [1.54, 1.807) is 13.3 Å². The van der Waals surface area contributed by atoms with Crippen LogP contribution in [0.15, 0.2) is 34.9 Å². The van der Waals surface area contributed by atoms with Crippen LogP contribution < -0.4 is 5.32 Å². The lowest BCUT2D eigenvalue weighted by molar-refractivity contribution is -0.139. The molecule has 0 bridgehead atoms. The van der Waals surface area contributed by atoms with Crippen molar-refractivity contribution in [1.82, 2.24) is 10.2 Å². The van der Waals surface area contributed by atoms with Crippen LogP contribution in [0.25, 0.3) is 11.0 Å². The van der Waals surface area contributed by atoms with Gasteiger partial charge in [0.1, 0.15) is 11.6 Å². The van der Waals surface area contributed by atoms with Gasteiger partial charge >= 0.3 is 5.97 Å². The van der Waals surface area contributed by atoms with E-state index in [-0.39, 0.29) is 0 Å². The van der Waals surface area contributed by atoms with E-state index in [1.165, 1.54) is 0 Å². The molecule has 1 atom stereocenters. The molecule has 0 aliphatic rings. The summed E-state index contributed by atoms with van der Waals surface area (Å²) in [6.45, 7) is 1.09. The molecule has 5 heteroatoms. The highest BCUT2D eigenvalue weighted by Crippen LogP contribution is 2.21. The molecule has 5 nitrogen and oxygen atoms in total. The number of carbonyl (C=O) groups is 1. The number of carboxylic acid groups (broad SMARTS) is 1. The lowest BCUT2D eigenvalue weighted by atomic mass is 10.1. The second-order valence-corrected chi connectivity index (χ2v) is 4.63. The molecule has 0 aliphatic heterocycles. The largest absolute Gasteiger partial charge is 0.480 e. The second-order valence-electron chi connectivity index (χ2n) is 4.63. The molecular formula is C14H18N2O3. The Bertz CT molecular complexity index is 565. The summed E-state index contributed by atoms with van der Waals surface area (Å²) >= 11 is 0. The Morgan fingerprint density at radius 2 is 2.21 bits per heavy atom. The molecule has 0 aliphatic carbocycles. The number of carboxylic acids is 1. The maximum absolute atomic E-state index is 11.0. The van der Waals surface area contributed by atoms with Crippen LogP contribution in [-0.4, -0.2) is 42.7 Å². The highest BCUT2D eigenvalue weighted by molar-refractivity contribution is 5.80. The van der Waals surface area contributed by atoms with Gasteiger partial charge in [0.2, 0.25) is 0 Å². The Hall–Kier alpha value is -1.85. The lowest BCUT2D eigenvalue weighted by Crippen LogP contribution is -2.43. The quantitative estimate of drug-likeness (QED) is 0.826. The summed E-state index contributed by atoms with van der Waals surface area (Å²) in [7, 11) is 3.55. The van der Waals surface area contributed by atoms with Gasteiger partial charge in [-0.25, -0.2) is 0 Å². The Kier molecular flexibility index (Phi) is 4.19. The Morgan fingerprint density at radius 1 is 1.47 bits per heavy atom. The molecule has 1 aromatic carbocycles. The third-order valence-electron chi connectivity index (χ3n) is 3.14. The van der Waals surface area contributed by atoms with Crippen LogP contribution in [0, 0.1) is 0 Å². The highest BCUT2D eigenvalue weighted by atomic mass is 16.4. The maximum Gasteiger partial charge on any atom is 0.322 e. The van der Waals surface area contributed by atoms with Crippen molar-refractivity contribution in [3.63, 3.8) is 0 Å². The van der Waals surface area contributed by atoms with Gasteiger partial charge in [-0.1, -0.05) is 18.2 Å². The average Bonchev–Trinajstić information content (AvgIpc) is 2.79. The molecule has 0 fully saturated rings. The van der Waals surface area contributed by atoms with Gasteiger partial charge in [0.15, 0.2) is 0 Å². The molecule has 1 aromatic heterocycles. The first-order valence-electron chi connectivity index (χ1n) is 6.15. The number of rotatable bonds is 6. The summed E-state index contributed by atoms with van der Waals surface area (Å²) in [5, 5.41) is 12.9. The van der Waals surface area contributed by atoms with Gasteiger partial charge in [-0.15, -0.1) is 0 Å². The van der Waals surface area contributed by atoms with Crippen molar-refractivity contribution in [2.24, 2.45) is 0 Å². The Balaban J connectivity index is 2.06. The number of fused-ring (bicyclic) bond motifs is 1. The smallest absolute Gasteiger partial charge is 0.322 e. The molecule has 2 aromatic rings. The van der Waals surface area contributed by atoms with E-state index in [1.807, 2.05) is 36.2 Å². The molecule has 0 radical (unpaired) electrons. The van der Waals surface area contributed by atoms with Gasteiger partial charge < -0.3 is 14.8 Å². The summed E-state index contributed by atoms with van der Waals surface area (Å²) in [5.41, 5.74) is 1.92. The Labute approximate surface area is 111 Å². The predicted octanol–water partition coefficient (Wildman–Crippen LogP) is 1.54. The van der Waals surface area contributed by atoms with E-state index in [2.05, 4.69) is 5.32 Å². The van der Waals surface area contributed by atoms with Crippen LogP contribution >= 0.6 is 0 Å². The van der Waals surface area contributed by atoms with Crippen molar-refractivity contribution < 1.29 is 14.3 Å². The first-order valence-corrected chi connectivity index (χ1v) is 6.15. The average molecular weight is 262 g/mol. The number of likely N-dealkylation sites (N-methyl/N-ethyl adjacent to an activating group) is 2. The van der Waals surface area contributed by atoms with E-state index in [0.29, 0.717) is 13.1 Å². The lowest BCUT2D eigenvalue weighted by Gasteiger charge is -2.20. The number of aliphatic carboxylic acids is 1. The number of nitrogens with one attached hydrogen (secondary N) is 1. The van der Waals surface area contributed by atoms with Crippen molar-refractivity contribution in [3.8, 4) is 0 Å². The zero-order valence-corrected chi connectivity index (χ0v) is 11.1. The molecule has 0 saturated carbocycles. The first-order chi connectivity index (χ1) is 9.11. The normalized spacial score (nSPS) is 13.0. The molecule has 102 valence electrons. The molecule has 0 amide bonds. The summed E-state index contributed by atoms with van der Waals surface area (Å²) in [5.74, 6) is -0.841.